The minimum Gasteiger partial charge on any atom is -0.496 e. The van der Waals surface area contributed by atoms with E-state index in [0.717, 1.165) is 34.8 Å². The highest BCUT2D eigenvalue weighted by molar-refractivity contribution is 7.98. The Morgan fingerprint density at radius 1 is 1.28 bits per heavy atom. The highest BCUT2D eigenvalue weighted by Gasteiger charge is 2.49. The van der Waals surface area contributed by atoms with Gasteiger partial charge < -0.3 is 9.47 Å². The zero-order valence-corrected chi connectivity index (χ0v) is 11.5. The molecule has 0 radical (unpaired) electrons. The standard InChI is InChI=1S/C13H15NO3S/c1-16-9-4-5-10(17-2)12(18-3)11(9)13(6-7-13)14-8-15/h4-5H,6-7H2,1-3H3. The molecular weight excluding hydrogens is 250 g/mol. The van der Waals surface area contributed by atoms with Gasteiger partial charge in [0.25, 0.3) is 0 Å². The lowest BCUT2D eigenvalue weighted by molar-refractivity contribution is 0.384. The molecule has 1 fully saturated rings. The van der Waals surface area contributed by atoms with Crippen LogP contribution >= 0.6 is 11.8 Å². The van der Waals surface area contributed by atoms with Crippen LogP contribution in [0, 0.1) is 0 Å². The fourth-order valence-electron chi connectivity index (χ4n) is 2.14. The van der Waals surface area contributed by atoms with Crippen LogP contribution in [-0.4, -0.2) is 26.6 Å². The van der Waals surface area contributed by atoms with Crippen molar-refractivity contribution in [1.82, 2.24) is 0 Å². The van der Waals surface area contributed by atoms with E-state index in [2.05, 4.69) is 4.99 Å². The summed E-state index contributed by atoms with van der Waals surface area (Å²) in [6, 6.07) is 3.73. The van der Waals surface area contributed by atoms with E-state index in [-0.39, 0.29) is 0 Å². The van der Waals surface area contributed by atoms with Gasteiger partial charge in [0.1, 0.15) is 17.0 Å². The first-order chi connectivity index (χ1) is 8.72. The number of rotatable bonds is 5. The molecule has 1 aromatic rings. The van der Waals surface area contributed by atoms with Crippen LogP contribution in [0.25, 0.3) is 0 Å². The largest absolute Gasteiger partial charge is 0.496 e. The van der Waals surface area contributed by atoms with E-state index in [1.165, 1.54) is 0 Å². The van der Waals surface area contributed by atoms with Crippen molar-refractivity contribution in [3.05, 3.63) is 17.7 Å². The maximum absolute atomic E-state index is 10.6. The monoisotopic (exact) mass is 265 g/mol. The number of hydrogen-bond donors (Lipinski definition) is 0. The minimum absolute atomic E-state index is 0.458. The summed E-state index contributed by atoms with van der Waals surface area (Å²) < 4.78 is 10.8. The number of methoxy groups -OCH3 is 2. The highest BCUT2D eigenvalue weighted by Crippen LogP contribution is 2.56. The number of aliphatic imine (C=N–C) groups is 1. The quantitative estimate of drug-likeness (QED) is 0.466. The van der Waals surface area contributed by atoms with E-state index in [1.807, 2.05) is 18.4 Å². The first-order valence-electron chi connectivity index (χ1n) is 5.61. The van der Waals surface area contributed by atoms with Crippen LogP contribution in [0.4, 0.5) is 0 Å². The third-order valence-electron chi connectivity index (χ3n) is 3.18. The summed E-state index contributed by atoms with van der Waals surface area (Å²) in [6.45, 7) is 0. The Morgan fingerprint density at radius 2 is 1.89 bits per heavy atom. The molecule has 1 aliphatic carbocycles. The Morgan fingerprint density at radius 3 is 2.33 bits per heavy atom. The van der Waals surface area contributed by atoms with Crippen LogP contribution in [0.3, 0.4) is 0 Å². The predicted molar refractivity (Wildman–Crippen MR) is 70.4 cm³/mol. The fourth-order valence-corrected chi connectivity index (χ4v) is 2.99. The first kappa shape index (κ1) is 13.0. The average molecular weight is 265 g/mol. The summed E-state index contributed by atoms with van der Waals surface area (Å²) in [5.41, 5.74) is 0.486. The van der Waals surface area contributed by atoms with E-state index in [0.29, 0.717) is 0 Å². The molecule has 0 unspecified atom stereocenters. The predicted octanol–water partition coefficient (Wildman–Crippen LogP) is 2.75. The lowest BCUT2D eigenvalue weighted by Gasteiger charge is -2.19. The summed E-state index contributed by atoms with van der Waals surface area (Å²) in [6.07, 6.45) is 5.35. The average Bonchev–Trinajstić information content (AvgIpc) is 3.17. The minimum atomic E-state index is -0.458. The van der Waals surface area contributed by atoms with Crippen molar-refractivity contribution in [2.75, 3.05) is 20.5 Å². The van der Waals surface area contributed by atoms with Crippen molar-refractivity contribution in [2.45, 2.75) is 23.3 Å². The molecule has 96 valence electrons. The highest BCUT2D eigenvalue weighted by atomic mass is 32.2. The maximum Gasteiger partial charge on any atom is 0.235 e. The smallest absolute Gasteiger partial charge is 0.235 e. The van der Waals surface area contributed by atoms with Gasteiger partial charge in [-0.15, -0.1) is 11.8 Å². The van der Waals surface area contributed by atoms with E-state index in [1.54, 1.807) is 32.1 Å². The van der Waals surface area contributed by atoms with Crippen molar-refractivity contribution in [3.8, 4) is 11.5 Å². The molecule has 1 aliphatic rings. The molecule has 18 heavy (non-hydrogen) atoms. The van der Waals surface area contributed by atoms with E-state index < -0.39 is 5.54 Å². The molecule has 0 saturated heterocycles. The molecule has 0 N–H and O–H groups in total. The van der Waals surface area contributed by atoms with Crippen LogP contribution in [0.5, 0.6) is 11.5 Å². The zero-order valence-electron chi connectivity index (χ0n) is 10.6. The van der Waals surface area contributed by atoms with Gasteiger partial charge in [-0.05, 0) is 31.2 Å². The van der Waals surface area contributed by atoms with Crippen molar-refractivity contribution in [3.63, 3.8) is 0 Å². The van der Waals surface area contributed by atoms with Gasteiger partial charge in [0, 0.05) is 5.56 Å². The summed E-state index contributed by atoms with van der Waals surface area (Å²) in [5.74, 6) is 1.53. The van der Waals surface area contributed by atoms with E-state index >= 15 is 0 Å². The van der Waals surface area contributed by atoms with Gasteiger partial charge in [-0.25, -0.2) is 4.79 Å². The first-order valence-corrected chi connectivity index (χ1v) is 6.83. The lowest BCUT2D eigenvalue weighted by Crippen LogP contribution is -2.08. The summed E-state index contributed by atoms with van der Waals surface area (Å²) in [5, 5.41) is 0. The second-order valence-corrected chi connectivity index (χ2v) is 4.93. The fraction of sp³-hybridized carbons (Fsp3) is 0.462. The van der Waals surface area contributed by atoms with Crippen molar-refractivity contribution >= 4 is 17.8 Å². The summed E-state index contributed by atoms with van der Waals surface area (Å²) in [7, 11) is 3.25. The van der Waals surface area contributed by atoms with Crippen molar-refractivity contribution in [1.29, 1.82) is 0 Å². The molecule has 0 heterocycles. The molecular formula is C13H15NO3S. The van der Waals surface area contributed by atoms with Gasteiger partial charge in [-0.2, -0.15) is 4.99 Å². The molecule has 2 rings (SSSR count). The zero-order chi connectivity index (χ0) is 13.2. The summed E-state index contributed by atoms with van der Waals surface area (Å²) in [4.78, 5) is 15.6. The number of hydrogen-bond acceptors (Lipinski definition) is 5. The van der Waals surface area contributed by atoms with Crippen LogP contribution in [0.1, 0.15) is 18.4 Å². The number of nitrogens with zero attached hydrogens (tertiary/aromatic N) is 1. The van der Waals surface area contributed by atoms with Gasteiger partial charge in [-0.1, -0.05) is 0 Å². The molecule has 0 atom stereocenters. The Balaban J connectivity index is 2.65. The van der Waals surface area contributed by atoms with E-state index in [9.17, 15) is 4.79 Å². The second-order valence-electron chi connectivity index (χ2n) is 4.11. The maximum atomic E-state index is 10.6. The Hall–Kier alpha value is -1.45. The molecule has 0 bridgehead atoms. The summed E-state index contributed by atoms with van der Waals surface area (Å²) >= 11 is 1.57. The van der Waals surface area contributed by atoms with Crippen LogP contribution < -0.4 is 9.47 Å². The number of benzene rings is 1. The van der Waals surface area contributed by atoms with Gasteiger partial charge >= 0.3 is 0 Å². The molecule has 0 aromatic heterocycles. The molecule has 1 aromatic carbocycles. The van der Waals surface area contributed by atoms with Crippen LogP contribution in [0.15, 0.2) is 22.0 Å². The lowest BCUT2D eigenvalue weighted by atomic mass is 10.0. The molecule has 0 aliphatic heterocycles. The van der Waals surface area contributed by atoms with Crippen LogP contribution in [0.2, 0.25) is 0 Å². The van der Waals surface area contributed by atoms with Crippen LogP contribution in [-0.2, 0) is 10.3 Å². The third kappa shape index (κ3) is 2.00. The number of isocyanates is 1. The SMILES string of the molecule is COc1ccc(OC)c(C2(N=C=O)CC2)c1SC. The van der Waals surface area contributed by atoms with Crippen molar-refractivity contribution in [2.24, 2.45) is 4.99 Å². The molecule has 1 saturated carbocycles. The van der Waals surface area contributed by atoms with Gasteiger partial charge in [0.05, 0.1) is 19.1 Å². The van der Waals surface area contributed by atoms with Gasteiger partial charge in [0.2, 0.25) is 6.08 Å². The van der Waals surface area contributed by atoms with E-state index in [4.69, 9.17) is 9.47 Å². The Kier molecular flexibility index (Phi) is 3.64. The topological polar surface area (TPSA) is 47.9 Å². The molecule has 0 amide bonds. The van der Waals surface area contributed by atoms with Crippen molar-refractivity contribution < 1.29 is 14.3 Å². The Bertz CT molecular complexity index is 505. The van der Waals surface area contributed by atoms with Gasteiger partial charge in [-0.3, -0.25) is 0 Å². The molecule has 5 heteroatoms. The molecule has 4 nitrogen and oxygen atoms in total. The Labute approximate surface area is 110 Å². The number of carbonyl (C=O) groups excluding carboxylic acids is 1. The normalized spacial score (nSPS) is 15.7. The number of thioether (sulfide) groups is 1. The third-order valence-corrected chi connectivity index (χ3v) is 3.99. The number of ether oxygens (including phenoxy) is 2. The van der Waals surface area contributed by atoms with Gasteiger partial charge in [0.15, 0.2) is 0 Å². The molecule has 0 spiro atoms. The second kappa shape index (κ2) is 5.04.